The largest absolute Gasteiger partial charge is 0.464 e. The van der Waals surface area contributed by atoms with Crippen LogP contribution in [0.2, 0.25) is 0 Å². The van der Waals surface area contributed by atoms with Crippen LogP contribution >= 0.6 is 0 Å². The minimum atomic E-state index is 0.0949. The van der Waals surface area contributed by atoms with Gasteiger partial charge in [-0.1, -0.05) is 24.3 Å². The Morgan fingerprint density at radius 3 is 2.17 bits per heavy atom. The van der Waals surface area contributed by atoms with Gasteiger partial charge >= 0.3 is 0 Å². The molecule has 0 N–H and O–H groups in total. The highest BCUT2D eigenvalue weighted by molar-refractivity contribution is 5.95. The van der Waals surface area contributed by atoms with Crippen molar-refractivity contribution in [3.63, 3.8) is 0 Å². The quantitative estimate of drug-likeness (QED) is 0.667. The molecule has 3 heterocycles. The second kappa shape index (κ2) is 6.73. The van der Waals surface area contributed by atoms with E-state index in [0.29, 0.717) is 17.7 Å². The van der Waals surface area contributed by atoms with E-state index in [4.69, 9.17) is 4.42 Å². The number of nitrogens with zero attached hydrogens (tertiary/aromatic N) is 2. The summed E-state index contributed by atoms with van der Waals surface area (Å²) in [6.07, 6.45) is 3.81. The topological polar surface area (TPSA) is 53.8 Å². The Morgan fingerprint density at radius 1 is 0.800 bits per heavy atom. The summed E-state index contributed by atoms with van der Waals surface area (Å²) < 4.78 is 5.50. The number of hydrogen-bond acceptors (Lipinski definition) is 3. The van der Waals surface area contributed by atoms with Crippen molar-refractivity contribution in [2.24, 2.45) is 17.8 Å². The maximum Gasteiger partial charge on any atom is 0.253 e. The fourth-order valence-corrected chi connectivity index (χ4v) is 5.05. The molecule has 3 aliphatic rings. The molecule has 2 aromatic carbocycles. The predicted molar refractivity (Wildman–Crippen MR) is 114 cm³/mol. The van der Waals surface area contributed by atoms with Crippen LogP contribution in [0.3, 0.4) is 0 Å². The summed E-state index contributed by atoms with van der Waals surface area (Å²) in [7, 11) is 0. The Labute approximate surface area is 175 Å². The Morgan fingerprint density at radius 2 is 1.47 bits per heavy atom. The first-order valence-corrected chi connectivity index (χ1v) is 10.8. The van der Waals surface area contributed by atoms with Crippen LogP contribution in [0.1, 0.15) is 23.2 Å². The van der Waals surface area contributed by atoms with E-state index >= 15 is 0 Å². The van der Waals surface area contributed by atoms with Crippen LogP contribution in [0.25, 0.3) is 22.1 Å². The van der Waals surface area contributed by atoms with E-state index in [0.717, 1.165) is 66.7 Å². The van der Waals surface area contributed by atoms with Crippen molar-refractivity contribution in [1.29, 1.82) is 0 Å². The van der Waals surface area contributed by atoms with E-state index in [2.05, 4.69) is 6.07 Å². The molecule has 5 nitrogen and oxygen atoms in total. The van der Waals surface area contributed by atoms with Crippen molar-refractivity contribution < 1.29 is 14.0 Å². The maximum atomic E-state index is 13.0. The molecule has 1 aromatic heterocycles. The molecule has 2 amide bonds. The summed E-state index contributed by atoms with van der Waals surface area (Å²) in [6.45, 7) is 3.15. The summed E-state index contributed by atoms with van der Waals surface area (Å²) in [5, 5.41) is 1.09. The first-order chi connectivity index (χ1) is 14.7. The number of fused-ring (bicyclic) bond motifs is 2. The van der Waals surface area contributed by atoms with Crippen LogP contribution in [0.15, 0.2) is 59.2 Å². The molecular formula is C25H24N2O3. The highest BCUT2D eigenvalue weighted by atomic mass is 16.3. The van der Waals surface area contributed by atoms with E-state index < -0.39 is 0 Å². The van der Waals surface area contributed by atoms with Gasteiger partial charge in [0.1, 0.15) is 5.58 Å². The van der Waals surface area contributed by atoms with Crippen LogP contribution in [0.5, 0.6) is 0 Å². The Bertz CT molecular complexity index is 1110. The number of hydrogen-bond donors (Lipinski definition) is 0. The van der Waals surface area contributed by atoms with Crippen molar-refractivity contribution in [3.8, 4) is 11.1 Å². The zero-order chi connectivity index (χ0) is 20.2. The molecule has 6 rings (SSSR count). The monoisotopic (exact) mass is 400 g/mol. The lowest BCUT2D eigenvalue weighted by Crippen LogP contribution is -2.36. The van der Waals surface area contributed by atoms with E-state index in [9.17, 15) is 9.59 Å². The highest BCUT2D eigenvalue weighted by Gasteiger charge is 2.45. The summed E-state index contributed by atoms with van der Waals surface area (Å²) in [6, 6.07) is 15.9. The number of likely N-dealkylation sites (tertiary alicyclic amines) is 2. The second-order valence-electron chi connectivity index (χ2n) is 9.00. The molecule has 5 heteroatoms. The average molecular weight is 400 g/mol. The lowest BCUT2D eigenvalue weighted by atomic mass is 10.0. The molecule has 0 radical (unpaired) electrons. The van der Waals surface area contributed by atoms with Crippen LogP contribution in [-0.2, 0) is 4.79 Å². The molecular weight excluding hydrogens is 376 g/mol. The SMILES string of the molecule is O=C(c1ccc(-c2ccc3ccoc3c2)cc1)N1CC2CN(C(=O)C3CC3)CC2C1. The highest BCUT2D eigenvalue weighted by Crippen LogP contribution is 2.37. The Hall–Kier alpha value is -3.08. The molecule has 0 spiro atoms. The number of carbonyl (C=O) groups is 2. The molecule has 30 heavy (non-hydrogen) atoms. The first-order valence-electron chi connectivity index (χ1n) is 10.8. The fraction of sp³-hybridized carbons (Fsp3) is 0.360. The molecule has 2 atom stereocenters. The molecule has 1 aliphatic carbocycles. The van der Waals surface area contributed by atoms with Crippen molar-refractivity contribution >= 4 is 22.8 Å². The number of furan rings is 1. The van der Waals surface area contributed by atoms with Gasteiger partial charge in [-0.15, -0.1) is 0 Å². The molecule has 3 aromatic rings. The smallest absolute Gasteiger partial charge is 0.253 e. The van der Waals surface area contributed by atoms with Gasteiger partial charge in [0.15, 0.2) is 0 Å². The molecule has 1 saturated carbocycles. The maximum absolute atomic E-state index is 13.0. The Kier molecular flexibility index (Phi) is 3.98. The second-order valence-corrected chi connectivity index (χ2v) is 9.00. The van der Waals surface area contributed by atoms with Gasteiger partial charge < -0.3 is 14.2 Å². The van der Waals surface area contributed by atoms with E-state index in [-0.39, 0.29) is 11.8 Å². The van der Waals surface area contributed by atoms with Gasteiger partial charge in [0, 0.05) is 54.9 Å². The third-order valence-electron chi connectivity index (χ3n) is 6.93. The number of carbonyl (C=O) groups excluding carboxylic acids is 2. The number of benzene rings is 2. The van der Waals surface area contributed by atoms with Gasteiger partial charge in [-0.3, -0.25) is 9.59 Å². The lowest BCUT2D eigenvalue weighted by Gasteiger charge is -2.22. The minimum Gasteiger partial charge on any atom is -0.464 e. The summed E-state index contributed by atoms with van der Waals surface area (Å²) in [5.74, 6) is 1.57. The van der Waals surface area contributed by atoms with E-state index in [1.165, 1.54) is 0 Å². The predicted octanol–water partition coefficient (Wildman–Crippen LogP) is 4.04. The number of amides is 2. The molecule has 152 valence electrons. The number of rotatable bonds is 3. The Balaban J connectivity index is 1.13. The van der Waals surface area contributed by atoms with Gasteiger partial charge in [0.05, 0.1) is 6.26 Å². The fourth-order valence-electron chi connectivity index (χ4n) is 5.05. The molecule has 0 bridgehead atoms. The minimum absolute atomic E-state index is 0.0949. The standard InChI is InChI=1S/C25H24N2O3/c28-24(26-12-21-14-27(15-22(21)13-26)25(29)19-6-7-19)18-4-1-16(2-5-18)20-8-3-17-9-10-30-23(17)11-20/h1-5,8-11,19,21-22H,6-7,12-15H2. The lowest BCUT2D eigenvalue weighted by molar-refractivity contribution is -0.131. The van der Waals surface area contributed by atoms with Gasteiger partial charge in [0.2, 0.25) is 5.91 Å². The van der Waals surface area contributed by atoms with Crippen molar-refractivity contribution in [2.45, 2.75) is 12.8 Å². The van der Waals surface area contributed by atoms with Gasteiger partial charge in [-0.05, 0) is 48.2 Å². The summed E-state index contributed by atoms with van der Waals surface area (Å²) in [5.41, 5.74) is 3.74. The summed E-state index contributed by atoms with van der Waals surface area (Å²) in [4.78, 5) is 29.4. The molecule has 2 unspecified atom stereocenters. The average Bonchev–Trinajstić information content (AvgIpc) is 3.18. The third kappa shape index (κ3) is 3.00. The zero-order valence-corrected chi connectivity index (χ0v) is 16.8. The molecule has 2 aliphatic heterocycles. The van der Waals surface area contributed by atoms with Crippen LogP contribution in [0, 0.1) is 17.8 Å². The zero-order valence-electron chi connectivity index (χ0n) is 16.8. The first kappa shape index (κ1) is 17.8. The van der Waals surface area contributed by atoms with Crippen LogP contribution < -0.4 is 0 Å². The summed E-state index contributed by atoms with van der Waals surface area (Å²) >= 11 is 0. The van der Waals surface area contributed by atoms with E-state index in [1.807, 2.05) is 52.3 Å². The van der Waals surface area contributed by atoms with Gasteiger partial charge in [-0.2, -0.15) is 0 Å². The van der Waals surface area contributed by atoms with Gasteiger partial charge in [-0.25, -0.2) is 0 Å². The third-order valence-corrected chi connectivity index (χ3v) is 6.93. The van der Waals surface area contributed by atoms with E-state index in [1.54, 1.807) is 6.26 Å². The van der Waals surface area contributed by atoms with Crippen LogP contribution in [-0.4, -0.2) is 47.8 Å². The molecule has 2 saturated heterocycles. The van der Waals surface area contributed by atoms with Crippen LogP contribution in [0.4, 0.5) is 0 Å². The normalized spacial score (nSPS) is 23.2. The van der Waals surface area contributed by atoms with Crippen molar-refractivity contribution in [3.05, 3.63) is 60.4 Å². The van der Waals surface area contributed by atoms with Crippen molar-refractivity contribution in [2.75, 3.05) is 26.2 Å². The molecule has 3 fully saturated rings. The van der Waals surface area contributed by atoms with Crippen molar-refractivity contribution in [1.82, 2.24) is 9.80 Å². The van der Waals surface area contributed by atoms with Gasteiger partial charge in [0.25, 0.3) is 5.91 Å².